The second-order valence-electron chi connectivity index (χ2n) is 8.38. The second kappa shape index (κ2) is 9.65. The summed E-state index contributed by atoms with van der Waals surface area (Å²) >= 11 is 0. The molecule has 6 heteroatoms. The summed E-state index contributed by atoms with van der Waals surface area (Å²) in [4.78, 5) is 24.2. The van der Waals surface area contributed by atoms with Crippen molar-refractivity contribution in [3.8, 4) is 11.3 Å². The maximum Gasteiger partial charge on any atom is 0.255 e. The van der Waals surface area contributed by atoms with Gasteiger partial charge in [0.2, 0.25) is 5.95 Å². The van der Waals surface area contributed by atoms with Crippen molar-refractivity contribution in [2.75, 3.05) is 29.6 Å². The topological polar surface area (TPSA) is 70.2 Å². The Morgan fingerprint density at radius 2 is 1.49 bits per heavy atom. The number of fused-ring (bicyclic) bond motifs is 1. The zero-order valence-electron chi connectivity index (χ0n) is 19.6. The van der Waals surface area contributed by atoms with E-state index in [2.05, 4.69) is 15.6 Å². The van der Waals surface area contributed by atoms with Crippen LogP contribution in [0.3, 0.4) is 0 Å². The van der Waals surface area contributed by atoms with Gasteiger partial charge in [0.05, 0.1) is 11.2 Å². The van der Waals surface area contributed by atoms with Crippen molar-refractivity contribution in [1.82, 2.24) is 9.97 Å². The summed E-state index contributed by atoms with van der Waals surface area (Å²) in [6, 6.07) is 33.0. The quantitative estimate of drug-likeness (QED) is 0.309. The Labute approximate surface area is 204 Å². The molecule has 2 N–H and O–H groups in total. The minimum Gasteiger partial charge on any atom is -0.378 e. The van der Waals surface area contributed by atoms with Gasteiger partial charge in [0.25, 0.3) is 5.91 Å². The van der Waals surface area contributed by atoms with Crippen LogP contribution in [-0.2, 0) is 0 Å². The smallest absolute Gasteiger partial charge is 0.255 e. The van der Waals surface area contributed by atoms with Gasteiger partial charge >= 0.3 is 0 Å². The average Bonchev–Trinajstić information content (AvgIpc) is 2.89. The van der Waals surface area contributed by atoms with Gasteiger partial charge in [-0.2, -0.15) is 0 Å². The first-order chi connectivity index (χ1) is 17.1. The maximum absolute atomic E-state index is 12.7. The first-order valence-electron chi connectivity index (χ1n) is 11.3. The highest BCUT2D eigenvalue weighted by atomic mass is 16.1. The van der Waals surface area contributed by atoms with Crippen LogP contribution >= 0.6 is 0 Å². The number of hydrogen-bond acceptors (Lipinski definition) is 5. The summed E-state index contributed by atoms with van der Waals surface area (Å²) in [6.45, 7) is 0. The highest BCUT2D eigenvalue weighted by Gasteiger charge is 2.11. The minimum atomic E-state index is -0.166. The fraction of sp³-hybridized carbons (Fsp3) is 0.0690. The summed E-state index contributed by atoms with van der Waals surface area (Å²) in [6.07, 6.45) is 0. The zero-order chi connectivity index (χ0) is 24.2. The lowest BCUT2D eigenvalue weighted by Crippen LogP contribution is -2.13. The van der Waals surface area contributed by atoms with Gasteiger partial charge < -0.3 is 15.5 Å². The highest BCUT2D eigenvalue weighted by molar-refractivity contribution is 6.04. The molecule has 0 atom stereocenters. The van der Waals surface area contributed by atoms with E-state index >= 15 is 0 Å². The molecule has 0 aliphatic heterocycles. The minimum absolute atomic E-state index is 0.166. The molecule has 0 saturated heterocycles. The Hall–Kier alpha value is -4.71. The van der Waals surface area contributed by atoms with E-state index in [1.165, 1.54) is 0 Å². The number of hydrogen-bond donors (Lipinski definition) is 2. The van der Waals surface area contributed by atoms with E-state index in [0.29, 0.717) is 11.5 Å². The van der Waals surface area contributed by atoms with Crippen molar-refractivity contribution < 1.29 is 4.79 Å². The lowest BCUT2D eigenvalue weighted by molar-refractivity contribution is 0.102. The lowest BCUT2D eigenvalue weighted by atomic mass is 10.1. The molecule has 0 fully saturated rings. The predicted octanol–water partition coefficient (Wildman–Crippen LogP) is 6.36. The molecule has 1 amide bonds. The number of carbonyl (C=O) groups is 1. The van der Waals surface area contributed by atoms with E-state index in [4.69, 9.17) is 4.98 Å². The number of nitrogens with one attached hydrogen (secondary N) is 2. The maximum atomic E-state index is 12.7. The third-order valence-corrected chi connectivity index (χ3v) is 5.67. The van der Waals surface area contributed by atoms with Crippen LogP contribution in [0.25, 0.3) is 22.2 Å². The van der Waals surface area contributed by atoms with Crippen molar-refractivity contribution in [3.63, 3.8) is 0 Å². The van der Waals surface area contributed by atoms with Crippen molar-refractivity contribution in [1.29, 1.82) is 0 Å². The first kappa shape index (κ1) is 22.1. The SMILES string of the molecule is CN(C)c1cccc(NC(=O)c2ccc(Nc3nc(-c4ccccc4)c4ccccc4n3)cc2)c1. The molecule has 35 heavy (non-hydrogen) atoms. The van der Waals surface area contributed by atoms with Crippen molar-refractivity contribution in [3.05, 3.63) is 109 Å². The van der Waals surface area contributed by atoms with E-state index < -0.39 is 0 Å². The van der Waals surface area contributed by atoms with Crippen LogP contribution < -0.4 is 15.5 Å². The highest BCUT2D eigenvalue weighted by Crippen LogP contribution is 2.28. The van der Waals surface area contributed by atoms with Gasteiger partial charge in [-0.05, 0) is 48.5 Å². The normalized spacial score (nSPS) is 10.7. The lowest BCUT2D eigenvalue weighted by Gasteiger charge is -2.14. The predicted molar refractivity (Wildman–Crippen MR) is 143 cm³/mol. The van der Waals surface area contributed by atoms with Gasteiger partial charge in [-0.3, -0.25) is 4.79 Å². The number of aromatic nitrogens is 2. The summed E-state index contributed by atoms with van der Waals surface area (Å²) in [5, 5.41) is 7.24. The third kappa shape index (κ3) is 4.96. The number of nitrogens with zero attached hydrogens (tertiary/aromatic N) is 3. The number of benzene rings is 4. The van der Waals surface area contributed by atoms with E-state index in [1.807, 2.05) is 110 Å². The van der Waals surface area contributed by atoms with Crippen LogP contribution in [0.15, 0.2) is 103 Å². The fourth-order valence-electron chi connectivity index (χ4n) is 3.85. The largest absolute Gasteiger partial charge is 0.378 e. The Balaban J connectivity index is 1.36. The summed E-state index contributed by atoms with van der Waals surface area (Å²) in [5.41, 5.74) is 5.89. The van der Waals surface area contributed by atoms with Crippen LogP contribution in [-0.4, -0.2) is 30.0 Å². The van der Waals surface area contributed by atoms with Gasteiger partial charge in [-0.1, -0.05) is 54.6 Å². The average molecular weight is 460 g/mol. The standard InChI is InChI=1S/C29H25N5O/c1-34(2)24-12-8-11-23(19-24)30-28(35)21-15-17-22(18-16-21)31-29-32-26-14-7-6-13-25(26)27(33-29)20-9-4-3-5-10-20/h3-19H,1-2H3,(H,30,35)(H,31,32,33). The Morgan fingerprint density at radius 3 is 2.26 bits per heavy atom. The third-order valence-electron chi connectivity index (χ3n) is 5.67. The second-order valence-corrected chi connectivity index (χ2v) is 8.38. The van der Waals surface area contributed by atoms with Crippen molar-refractivity contribution in [2.45, 2.75) is 0 Å². The fourth-order valence-corrected chi connectivity index (χ4v) is 3.85. The molecule has 0 unspecified atom stereocenters. The van der Waals surface area contributed by atoms with Crippen LogP contribution in [0.2, 0.25) is 0 Å². The molecule has 1 aromatic heterocycles. The number of amides is 1. The number of carbonyl (C=O) groups excluding carboxylic acids is 1. The molecule has 1 heterocycles. The van der Waals surface area contributed by atoms with E-state index in [0.717, 1.165) is 39.2 Å². The zero-order valence-corrected chi connectivity index (χ0v) is 19.6. The molecule has 0 spiro atoms. The van der Waals surface area contributed by atoms with Crippen LogP contribution in [0.1, 0.15) is 10.4 Å². The Kier molecular flexibility index (Phi) is 6.09. The molecule has 0 radical (unpaired) electrons. The van der Waals surface area contributed by atoms with E-state index in [-0.39, 0.29) is 5.91 Å². The van der Waals surface area contributed by atoms with Crippen molar-refractivity contribution >= 4 is 39.8 Å². The van der Waals surface area contributed by atoms with Crippen molar-refractivity contribution in [2.24, 2.45) is 0 Å². The molecule has 0 bridgehead atoms. The molecule has 6 nitrogen and oxygen atoms in total. The summed E-state index contributed by atoms with van der Waals surface area (Å²) in [5.74, 6) is 0.334. The molecule has 5 rings (SSSR count). The Morgan fingerprint density at radius 1 is 0.743 bits per heavy atom. The molecule has 0 saturated carbocycles. The molecule has 5 aromatic rings. The molecular formula is C29H25N5O. The molecule has 0 aliphatic rings. The van der Waals surface area contributed by atoms with Gasteiger partial charge in [-0.25, -0.2) is 9.97 Å². The number of para-hydroxylation sites is 1. The van der Waals surface area contributed by atoms with Crippen LogP contribution in [0.4, 0.5) is 23.0 Å². The first-order valence-corrected chi connectivity index (χ1v) is 11.3. The van der Waals surface area contributed by atoms with Crippen LogP contribution in [0.5, 0.6) is 0 Å². The monoisotopic (exact) mass is 459 g/mol. The van der Waals surface area contributed by atoms with Gasteiger partial charge in [-0.15, -0.1) is 0 Å². The van der Waals surface area contributed by atoms with E-state index in [1.54, 1.807) is 12.1 Å². The summed E-state index contributed by atoms with van der Waals surface area (Å²) < 4.78 is 0. The van der Waals surface area contributed by atoms with Crippen LogP contribution in [0, 0.1) is 0 Å². The number of anilines is 4. The van der Waals surface area contributed by atoms with Gasteiger partial charge in [0.1, 0.15) is 0 Å². The van der Waals surface area contributed by atoms with Gasteiger partial charge in [0.15, 0.2) is 0 Å². The molecule has 172 valence electrons. The van der Waals surface area contributed by atoms with Gasteiger partial charge in [0, 0.05) is 47.7 Å². The molecule has 0 aliphatic carbocycles. The summed E-state index contributed by atoms with van der Waals surface area (Å²) in [7, 11) is 3.93. The number of rotatable bonds is 6. The molecule has 4 aromatic carbocycles. The molecular weight excluding hydrogens is 434 g/mol. The Bertz CT molecular complexity index is 1480. The van der Waals surface area contributed by atoms with E-state index in [9.17, 15) is 4.79 Å².